The van der Waals surface area contributed by atoms with Crippen molar-refractivity contribution in [1.82, 2.24) is 15.5 Å². The molecule has 1 fully saturated rings. The number of rotatable bonds is 2. The number of hydrogen-bond donors (Lipinski definition) is 2. The van der Waals surface area contributed by atoms with E-state index in [9.17, 15) is 9.59 Å². The number of nitrogens with one attached hydrogen (secondary N) is 2. The van der Waals surface area contributed by atoms with Crippen molar-refractivity contribution in [3.63, 3.8) is 0 Å². The van der Waals surface area contributed by atoms with Crippen LogP contribution in [0.4, 0.5) is 4.79 Å². The molecule has 0 unspecified atom stereocenters. The highest BCUT2D eigenvalue weighted by atomic mass is 16.2. The van der Waals surface area contributed by atoms with Crippen molar-refractivity contribution in [2.75, 3.05) is 26.2 Å². The zero-order valence-electron chi connectivity index (χ0n) is 10.2. The van der Waals surface area contributed by atoms with E-state index in [0.29, 0.717) is 13.1 Å². The van der Waals surface area contributed by atoms with Gasteiger partial charge in [0.2, 0.25) is 5.91 Å². The predicted molar refractivity (Wildman–Crippen MR) is 68.1 cm³/mol. The Morgan fingerprint density at radius 2 is 1.83 bits per heavy atom. The molecule has 1 aliphatic heterocycles. The van der Waals surface area contributed by atoms with Crippen LogP contribution in [0, 0.1) is 0 Å². The molecular weight excluding hydrogens is 230 g/mol. The van der Waals surface area contributed by atoms with Gasteiger partial charge in [-0.2, -0.15) is 0 Å². The molecule has 1 heterocycles. The normalized spacial score (nSPS) is 15.2. The van der Waals surface area contributed by atoms with Gasteiger partial charge < -0.3 is 10.2 Å². The summed E-state index contributed by atoms with van der Waals surface area (Å²) < 4.78 is 0. The topological polar surface area (TPSA) is 61.4 Å². The fourth-order valence-electron chi connectivity index (χ4n) is 1.89. The molecule has 2 rings (SSSR count). The summed E-state index contributed by atoms with van der Waals surface area (Å²) in [6.07, 6.45) is 0.235. The van der Waals surface area contributed by atoms with E-state index in [4.69, 9.17) is 0 Å². The first-order chi connectivity index (χ1) is 8.75. The van der Waals surface area contributed by atoms with Crippen molar-refractivity contribution in [2.45, 2.75) is 6.42 Å². The largest absolute Gasteiger partial charge is 0.324 e. The van der Waals surface area contributed by atoms with Crippen LogP contribution in [-0.4, -0.2) is 43.0 Å². The SMILES string of the molecule is O=C(Cc1ccccc1)NC(=O)N1CCNCC1. The number of carbonyl (C=O) groups excluding carboxylic acids is 2. The minimum atomic E-state index is -0.294. The van der Waals surface area contributed by atoms with Crippen LogP contribution in [0.2, 0.25) is 0 Å². The summed E-state index contributed by atoms with van der Waals surface area (Å²) in [6.45, 7) is 2.84. The maximum atomic E-state index is 11.8. The quantitative estimate of drug-likeness (QED) is 0.793. The second-order valence-electron chi connectivity index (χ2n) is 4.25. The summed E-state index contributed by atoms with van der Waals surface area (Å²) in [5, 5.41) is 5.57. The highest BCUT2D eigenvalue weighted by Crippen LogP contribution is 2.00. The van der Waals surface area contributed by atoms with Gasteiger partial charge in [-0.1, -0.05) is 30.3 Å². The first-order valence-corrected chi connectivity index (χ1v) is 6.09. The van der Waals surface area contributed by atoms with Crippen LogP contribution in [0.5, 0.6) is 0 Å². The Hall–Kier alpha value is -1.88. The molecule has 18 heavy (non-hydrogen) atoms. The second-order valence-corrected chi connectivity index (χ2v) is 4.25. The van der Waals surface area contributed by atoms with E-state index >= 15 is 0 Å². The third kappa shape index (κ3) is 3.56. The smallest absolute Gasteiger partial charge is 0.322 e. The number of carbonyl (C=O) groups is 2. The van der Waals surface area contributed by atoms with Gasteiger partial charge in [-0.3, -0.25) is 10.1 Å². The van der Waals surface area contributed by atoms with Crippen LogP contribution in [0.25, 0.3) is 0 Å². The number of nitrogens with zero attached hydrogens (tertiary/aromatic N) is 1. The molecule has 0 aromatic heterocycles. The molecule has 1 aromatic rings. The lowest BCUT2D eigenvalue weighted by atomic mass is 10.1. The zero-order valence-corrected chi connectivity index (χ0v) is 10.2. The molecule has 0 atom stereocenters. The van der Waals surface area contributed by atoms with Crippen LogP contribution in [-0.2, 0) is 11.2 Å². The summed E-state index contributed by atoms with van der Waals surface area (Å²) in [5.74, 6) is -0.260. The van der Waals surface area contributed by atoms with E-state index in [-0.39, 0.29) is 18.4 Å². The Morgan fingerprint density at radius 1 is 1.17 bits per heavy atom. The fraction of sp³-hybridized carbons (Fsp3) is 0.385. The van der Waals surface area contributed by atoms with Gasteiger partial charge in [-0.15, -0.1) is 0 Å². The third-order valence-corrected chi connectivity index (χ3v) is 2.86. The van der Waals surface area contributed by atoms with Crippen molar-refractivity contribution in [3.8, 4) is 0 Å². The molecule has 5 heteroatoms. The van der Waals surface area contributed by atoms with E-state index in [1.807, 2.05) is 30.3 Å². The van der Waals surface area contributed by atoms with Crippen LogP contribution in [0.1, 0.15) is 5.56 Å². The van der Waals surface area contributed by atoms with Crippen LogP contribution in [0.3, 0.4) is 0 Å². The number of urea groups is 1. The van der Waals surface area contributed by atoms with Gasteiger partial charge in [-0.05, 0) is 5.56 Å². The summed E-state index contributed by atoms with van der Waals surface area (Å²) in [7, 11) is 0. The Labute approximate surface area is 106 Å². The van der Waals surface area contributed by atoms with Crippen molar-refractivity contribution < 1.29 is 9.59 Å². The molecule has 1 aliphatic rings. The monoisotopic (exact) mass is 247 g/mol. The molecule has 0 bridgehead atoms. The van der Waals surface area contributed by atoms with Gasteiger partial charge in [0, 0.05) is 26.2 Å². The second kappa shape index (κ2) is 6.16. The average molecular weight is 247 g/mol. The summed E-state index contributed by atoms with van der Waals surface area (Å²) >= 11 is 0. The molecule has 1 aromatic carbocycles. The van der Waals surface area contributed by atoms with E-state index < -0.39 is 0 Å². The third-order valence-electron chi connectivity index (χ3n) is 2.86. The summed E-state index contributed by atoms with van der Waals surface area (Å²) in [4.78, 5) is 25.1. The van der Waals surface area contributed by atoms with E-state index in [0.717, 1.165) is 18.7 Å². The highest BCUT2D eigenvalue weighted by Gasteiger charge is 2.17. The molecule has 5 nitrogen and oxygen atoms in total. The summed E-state index contributed by atoms with van der Waals surface area (Å²) in [5.41, 5.74) is 0.906. The van der Waals surface area contributed by atoms with Gasteiger partial charge in [-0.25, -0.2) is 4.79 Å². The maximum absolute atomic E-state index is 11.8. The zero-order chi connectivity index (χ0) is 12.8. The lowest BCUT2D eigenvalue weighted by Crippen LogP contribution is -2.51. The molecule has 0 radical (unpaired) electrons. The molecule has 3 amide bonds. The van der Waals surface area contributed by atoms with Gasteiger partial charge in [0.25, 0.3) is 0 Å². The average Bonchev–Trinajstić information content (AvgIpc) is 2.40. The van der Waals surface area contributed by atoms with Gasteiger partial charge in [0.1, 0.15) is 0 Å². The van der Waals surface area contributed by atoms with Crippen LogP contribution >= 0.6 is 0 Å². The summed E-state index contributed by atoms with van der Waals surface area (Å²) in [6, 6.07) is 9.09. The first kappa shape index (κ1) is 12.6. The van der Waals surface area contributed by atoms with Crippen LogP contribution < -0.4 is 10.6 Å². The maximum Gasteiger partial charge on any atom is 0.324 e. The van der Waals surface area contributed by atoms with E-state index in [1.165, 1.54) is 0 Å². The van der Waals surface area contributed by atoms with Crippen molar-refractivity contribution >= 4 is 11.9 Å². The number of piperazine rings is 1. The minimum absolute atomic E-state index is 0.235. The molecule has 1 saturated heterocycles. The fourth-order valence-corrected chi connectivity index (χ4v) is 1.89. The minimum Gasteiger partial charge on any atom is -0.322 e. The first-order valence-electron chi connectivity index (χ1n) is 6.09. The molecule has 2 N–H and O–H groups in total. The Balaban J connectivity index is 1.82. The van der Waals surface area contributed by atoms with Gasteiger partial charge >= 0.3 is 6.03 Å². The number of imide groups is 1. The molecule has 96 valence electrons. The molecule has 0 aliphatic carbocycles. The molecule has 0 spiro atoms. The van der Waals surface area contributed by atoms with Crippen molar-refractivity contribution in [1.29, 1.82) is 0 Å². The number of amides is 3. The van der Waals surface area contributed by atoms with Crippen LogP contribution in [0.15, 0.2) is 30.3 Å². The van der Waals surface area contributed by atoms with E-state index in [2.05, 4.69) is 10.6 Å². The standard InChI is InChI=1S/C13H17N3O2/c17-12(10-11-4-2-1-3-5-11)15-13(18)16-8-6-14-7-9-16/h1-5,14H,6-10H2,(H,15,17,18). The van der Waals surface area contributed by atoms with Gasteiger partial charge in [0.05, 0.1) is 6.42 Å². The lowest BCUT2D eigenvalue weighted by molar-refractivity contribution is -0.119. The lowest BCUT2D eigenvalue weighted by Gasteiger charge is -2.27. The molecular formula is C13H17N3O2. The predicted octanol–water partition coefficient (Wildman–Crippen LogP) is 0.370. The highest BCUT2D eigenvalue weighted by molar-refractivity contribution is 5.95. The van der Waals surface area contributed by atoms with E-state index in [1.54, 1.807) is 4.90 Å². The Bertz CT molecular complexity index is 414. The number of benzene rings is 1. The van der Waals surface area contributed by atoms with Gasteiger partial charge in [0.15, 0.2) is 0 Å². The van der Waals surface area contributed by atoms with Crippen molar-refractivity contribution in [3.05, 3.63) is 35.9 Å². The van der Waals surface area contributed by atoms with Crippen molar-refractivity contribution in [2.24, 2.45) is 0 Å². The Morgan fingerprint density at radius 3 is 2.50 bits per heavy atom. The molecule has 0 saturated carbocycles. The Kier molecular flexibility index (Phi) is 4.30. The number of hydrogen-bond acceptors (Lipinski definition) is 3.